The van der Waals surface area contributed by atoms with Crippen LogP contribution in [0.4, 0.5) is 4.79 Å². The highest BCUT2D eigenvalue weighted by atomic mass is 16.3. The Morgan fingerprint density at radius 3 is 2.55 bits per heavy atom. The first-order chi connectivity index (χ1) is 15.1. The van der Waals surface area contributed by atoms with E-state index in [1.165, 1.54) is 24.8 Å². The van der Waals surface area contributed by atoms with Crippen LogP contribution in [0.15, 0.2) is 30.3 Å². The van der Waals surface area contributed by atoms with Crippen molar-refractivity contribution in [1.29, 1.82) is 0 Å². The first kappa shape index (κ1) is 23.5. The van der Waals surface area contributed by atoms with Crippen molar-refractivity contribution in [2.24, 2.45) is 5.92 Å². The molecule has 2 fully saturated rings. The highest BCUT2D eigenvalue weighted by Crippen LogP contribution is 2.20. The average Bonchev–Trinajstić information content (AvgIpc) is 2.78. The first-order valence-electron chi connectivity index (χ1n) is 11.8. The van der Waals surface area contributed by atoms with Crippen molar-refractivity contribution in [3.05, 3.63) is 35.9 Å². The molecule has 1 aromatic rings. The van der Waals surface area contributed by atoms with E-state index in [1.807, 2.05) is 18.2 Å². The van der Waals surface area contributed by atoms with Crippen molar-refractivity contribution in [1.82, 2.24) is 20.9 Å². The average molecular weight is 431 g/mol. The van der Waals surface area contributed by atoms with E-state index < -0.39 is 0 Å². The predicted molar refractivity (Wildman–Crippen MR) is 121 cm³/mol. The van der Waals surface area contributed by atoms with Gasteiger partial charge in [-0.1, -0.05) is 49.6 Å². The summed E-state index contributed by atoms with van der Waals surface area (Å²) >= 11 is 0. The molecule has 2 aliphatic rings. The van der Waals surface area contributed by atoms with Gasteiger partial charge in [0.15, 0.2) is 0 Å². The van der Waals surface area contributed by atoms with Gasteiger partial charge in [0.25, 0.3) is 0 Å². The molecule has 0 bridgehead atoms. The van der Waals surface area contributed by atoms with Crippen LogP contribution in [0.25, 0.3) is 0 Å². The molecule has 4 N–H and O–H groups in total. The summed E-state index contributed by atoms with van der Waals surface area (Å²) in [5.74, 6) is 0.0786. The number of rotatable bonds is 9. The lowest BCUT2D eigenvalue weighted by molar-refractivity contribution is -0.122. The molecule has 172 valence electrons. The van der Waals surface area contributed by atoms with E-state index in [9.17, 15) is 14.7 Å². The highest BCUT2D eigenvalue weighted by molar-refractivity contribution is 5.76. The minimum Gasteiger partial charge on any atom is -0.396 e. The van der Waals surface area contributed by atoms with Crippen LogP contribution in [-0.2, 0) is 11.3 Å². The van der Waals surface area contributed by atoms with E-state index in [0.29, 0.717) is 19.4 Å². The van der Waals surface area contributed by atoms with Crippen molar-refractivity contribution >= 4 is 11.9 Å². The number of carbonyl (C=O) groups is 2. The second-order valence-electron chi connectivity index (χ2n) is 8.96. The van der Waals surface area contributed by atoms with E-state index >= 15 is 0 Å². The van der Waals surface area contributed by atoms with Gasteiger partial charge in [-0.2, -0.15) is 0 Å². The predicted octanol–water partition coefficient (Wildman–Crippen LogP) is 2.40. The molecule has 1 aliphatic carbocycles. The van der Waals surface area contributed by atoms with E-state index in [0.717, 1.165) is 38.9 Å². The summed E-state index contributed by atoms with van der Waals surface area (Å²) in [6.45, 7) is 3.10. The van der Waals surface area contributed by atoms with Gasteiger partial charge in [-0.05, 0) is 37.8 Å². The smallest absolute Gasteiger partial charge is 0.315 e. The van der Waals surface area contributed by atoms with Crippen molar-refractivity contribution in [2.45, 2.75) is 70.0 Å². The summed E-state index contributed by atoms with van der Waals surface area (Å²) in [5.41, 5.74) is 1.26. The maximum absolute atomic E-state index is 12.5. The number of amides is 3. The van der Waals surface area contributed by atoms with Gasteiger partial charge < -0.3 is 21.1 Å². The minimum absolute atomic E-state index is 0.0144. The molecule has 31 heavy (non-hydrogen) atoms. The van der Waals surface area contributed by atoms with Gasteiger partial charge in [0.05, 0.1) is 0 Å². The number of hydrogen-bond acceptors (Lipinski definition) is 4. The number of nitrogens with zero attached hydrogens (tertiary/aromatic N) is 1. The third-order valence-corrected chi connectivity index (χ3v) is 6.48. The molecule has 0 unspecified atom stereocenters. The van der Waals surface area contributed by atoms with Crippen LogP contribution in [-0.4, -0.2) is 60.3 Å². The Morgan fingerprint density at radius 2 is 1.81 bits per heavy atom. The molecule has 1 saturated heterocycles. The molecule has 2 atom stereocenters. The molecule has 3 rings (SSSR count). The molecule has 7 heteroatoms. The zero-order chi connectivity index (χ0) is 21.9. The van der Waals surface area contributed by atoms with Gasteiger partial charge in [-0.25, -0.2) is 4.79 Å². The SMILES string of the molecule is O=C(CCCNC(=O)NC1CCCCC1)N[C@@H]1CN(Cc2ccccc2)CC[C@H]1CO. The highest BCUT2D eigenvalue weighted by Gasteiger charge is 2.29. The fourth-order valence-electron chi connectivity index (χ4n) is 4.65. The van der Waals surface area contributed by atoms with Gasteiger partial charge in [0.2, 0.25) is 5.91 Å². The number of urea groups is 1. The third kappa shape index (κ3) is 8.15. The van der Waals surface area contributed by atoms with Crippen molar-refractivity contribution in [3.63, 3.8) is 0 Å². The lowest BCUT2D eigenvalue weighted by atomic mass is 9.91. The first-order valence-corrected chi connectivity index (χ1v) is 11.8. The molecular formula is C24H38N4O3. The zero-order valence-electron chi connectivity index (χ0n) is 18.5. The van der Waals surface area contributed by atoms with Crippen LogP contribution in [0.3, 0.4) is 0 Å². The molecule has 1 aromatic carbocycles. The van der Waals surface area contributed by atoms with Crippen LogP contribution < -0.4 is 16.0 Å². The second-order valence-corrected chi connectivity index (χ2v) is 8.96. The molecule has 7 nitrogen and oxygen atoms in total. The molecule has 0 radical (unpaired) electrons. The second kappa shape index (κ2) is 12.7. The number of aliphatic hydroxyl groups excluding tert-OH is 1. The summed E-state index contributed by atoms with van der Waals surface area (Å²) in [6, 6.07) is 10.4. The number of carbonyl (C=O) groups excluding carboxylic acids is 2. The van der Waals surface area contributed by atoms with Crippen LogP contribution >= 0.6 is 0 Å². The van der Waals surface area contributed by atoms with Gasteiger partial charge >= 0.3 is 6.03 Å². The van der Waals surface area contributed by atoms with Gasteiger partial charge in [-0.3, -0.25) is 9.69 Å². The van der Waals surface area contributed by atoms with E-state index in [2.05, 4.69) is 33.0 Å². The fourth-order valence-corrected chi connectivity index (χ4v) is 4.65. The Labute approximate surface area is 186 Å². The van der Waals surface area contributed by atoms with Crippen LogP contribution in [0, 0.1) is 5.92 Å². The Hall–Kier alpha value is -2.12. The van der Waals surface area contributed by atoms with Gasteiger partial charge in [0.1, 0.15) is 0 Å². The lowest BCUT2D eigenvalue weighted by Gasteiger charge is -2.38. The van der Waals surface area contributed by atoms with E-state index in [-0.39, 0.29) is 36.5 Å². The number of hydrogen-bond donors (Lipinski definition) is 4. The monoisotopic (exact) mass is 430 g/mol. The standard InChI is InChI=1S/C24H38N4O3/c29-18-20-13-15-28(16-19-8-3-1-4-9-19)17-22(20)27-23(30)12-7-14-25-24(31)26-21-10-5-2-6-11-21/h1,3-4,8-9,20-22,29H,2,5-7,10-18H2,(H,27,30)(H2,25,26,31)/t20-,22+/m0/s1. The maximum Gasteiger partial charge on any atom is 0.315 e. The number of piperidine rings is 1. The zero-order valence-corrected chi connectivity index (χ0v) is 18.5. The number of benzene rings is 1. The number of likely N-dealkylation sites (tertiary alicyclic amines) is 1. The summed E-state index contributed by atoms with van der Waals surface area (Å²) in [7, 11) is 0. The molecule has 0 aromatic heterocycles. The molecule has 1 heterocycles. The van der Waals surface area contributed by atoms with Gasteiger partial charge in [-0.15, -0.1) is 0 Å². The molecule has 1 aliphatic heterocycles. The number of aliphatic hydroxyl groups is 1. The van der Waals surface area contributed by atoms with Crippen LogP contribution in [0.2, 0.25) is 0 Å². The van der Waals surface area contributed by atoms with E-state index in [4.69, 9.17) is 0 Å². The van der Waals surface area contributed by atoms with Gasteiger partial charge in [0, 0.05) is 50.7 Å². The summed E-state index contributed by atoms with van der Waals surface area (Å²) in [4.78, 5) is 26.8. The van der Waals surface area contributed by atoms with Crippen LogP contribution in [0.1, 0.15) is 56.9 Å². The fraction of sp³-hybridized carbons (Fsp3) is 0.667. The Balaban J connectivity index is 1.35. The number of nitrogens with one attached hydrogen (secondary N) is 3. The minimum atomic E-state index is -0.128. The normalized spacial score (nSPS) is 22.6. The summed E-state index contributed by atoms with van der Waals surface area (Å²) < 4.78 is 0. The quantitative estimate of drug-likeness (QED) is 0.453. The third-order valence-electron chi connectivity index (χ3n) is 6.48. The topological polar surface area (TPSA) is 93.7 Å². The Kier molecular flexibility index (Phi) is 9.62. The van der Waals surface area contributed by atoms with Crippen molar-refractivity contribution < 1.29 is 14.7 Å². The Morgan fingerprint density at radius 1 is 1.03 bits per heavy atom. The lowest BCUT2D eigenvalue weighted by Crippen LogP contribution is -2.53. The van der Waals surface area contributed by atoms with Crippen molar-refractivity contribution in [2.75, 3.05) is 26.2 Å². The Bertz CT molecular complexity index is 679. The maximum atomic E-state index is 12.5. The molecule has 0 spiro atoms. The molecule has 1 saturated carbocycles. The van der Waals surface area contributed by atoms with Crippen molar-refractivity contribution in [3.8, 4) is 0 Å². The van der Waals surface area contributed by atoms with Crippen LogP contribution in [0.5, 0.6) is 0 Å². The largest absolute Gasteiger partial charge is 0.396 e. The summed E-state index contributed by atoms with van der Waals surface area (Å²) in [5, 5.41) is 18.7. The summed E-state index contributed by atoms with van der Waals surface area (Å²) in [6.07, 6.45) is 7.60. The van der Waals surface area contributed by atoms with E-state index in [1.54, 1.807) is 0 Å². The molecule has 3 amide bonds. The molecular weight excluding hydrogens is 392 g/mol.